The summed E-state index contributed by atoms with van der Waals surface area (Å²) in [6, 6.07) is 11.5. The van der Waals surface area contributed by atoms with Gasteiger partial charge in [0.25, 0.3) is 11.6 Å². The average molecular weight is 376 g/mol. The summed E-state index contributed by atoms with van der Waals surface area (Å²) in [6.07, 6.45) is 0. The van der Waals surface area contributed by atoms with Gasteiger partial charge in [-0.3, -0.25) is 14.9 Å². The van der Waals surface area contributed by atoms with Gasteiger partial charge in [0.05, 0.1) is 17.6 Å². The molecule has 1 aliphatic rings. The smallest absolute Gasteiger partial charge is 0.271 e. The molecule has 136 valence electrons. The zero-order valence-electron chi connectivity index (χ0n) is 14.2. The molecule has 8 heteroatoms. The molecule has 0 saturated carbocycles. The monoisotopic (exact) mass is 375 g/mol. The number of rotatable bonds is 4. The van der Waals surface area contributed by atoms with Crippen LogP contribution in [0.25, 0.3) is 0 Å². The van der Waals surface area contributed by atoms with Crippen LogP contribution >= 0.6 is 11.6 Å². The number of piperazine rings is 1. The lowest BCUT2D eigenvalue weighted by atomic mass is 10.1. The van der Waals surface area contributed by atoms with E-state index in [2.05, 4.69) is 0 Å². The summed E-state index contributed by atoms with van der Waals surface area (Å²) in [5.41, 5.74) is 1.32. The molecule has 1 fully saturated rings. The van der Waals surface area contributed by atoms with Gasteiger partial charge in [0, 0.05) is 49.0 Å². The number of halogens is 1. The molecule has 0 spiro atoms. The molecule has 2 aromatic carbocycles. The number of benzene rings is 2. The largest absolute Gasteiger partial charge is 0.496 e. The molecule has 1 heterocycles. The van der Waals surface area contributed by atoms with Crippen LogP contribution in [-0.4, -0.2) is 49.0 Å². The maximum atomic E-state index is 12.8. The highest BCUT2D eigenvalue weighted by Gasteiger charge is 2.25. The van der Waals surface area contributed by atoms with Crippen LogP contribution in [0.2, 0.25) is 5.02 Å². The number of carbonyl (C=O) groups excluding carboxylic acids is 1. The van der Waals surface area contributed by atoms with E-state index in [9.17, 15) is 14.9 Å². The van der Waals surface area contributed by atoms with Crippen LogP contribution in [0.3, 0.4) is 0 Å². The van der Waals surface area contributed by atoms with Gasteiger partial charge in [0.2, 0.25) is 0 Å². The quantitative estimate of drug-likeness (QED) is 0.605. The highest BCUT2D eigenvalue weighted by Crippen LogP contribution is 2.26. The molecule has 0 unspecified atom stereocenters. The van der Waals surface area contributed by atoms with Crippen molar-refractivity contribution in [1.82, 2.24) is 4.90 Å². The Kier molecular flexibility index (Phi) is 5.27. The summed E-state index contributed by atoms with van der Waals surface area (Å²) in [6.45, 7) is 2.24. The van der Waals surface area contributed by atoms with Gasteiger partial charge in [-0.2, -0.15) is 0 Å². The minimum Gasteiger partial charge on any atom is -0.496 e. The molecule has 0 aliphatic carbocycles. The molecular formula is C18H18ClN3O4. The predicted octanol–water partition coefficient (Wildman–Crippen LogP) is 3.22. The van der Waals surface area contributed by atoms with Crippen LogP contribution in [0.5, 0.6) is 5.75 Å². The van der Waals surface area contributed by atoms with Crippen molar-refractivity contribution >= 4 is 28.9 Å². The molecule has 1 aliphatic heterocycles. The van der Waals surface area contributed by atoms with E-state index < -0.39 is 4.92 Å². The van der Waals surface area contributed by atoms with Crippen molar-refractivity contribution in [2.75, 3.05) is 38.2 Å². The lowest BCUT2D eigenvalue weighted by molar-refractivity contribution is -0.384. The summed E-state index contributed by atoms with van der Waals surface area (Å²) in [5.74, 6) is 0.334. The minimum atomic E-state index is -0.407. The number of methoxy groups -OCH3 is 1. The number of nitro groups is 1. The Hall–Kier alpha value is -2.80. The van der Waals surface area contributed by atoms with Crippen LogP contribution in [0.4, 0.5) is 11.4 Å². The number of nitro benzene ring substituents is 1. The fourth-order valence-electron chi connectivity index (χ4n) is 2.98. The molecular weight excluding hydrogens is 358 g/mol. The van der Waals surface area contributed by atoms with Crippen molar-refractivity contribution in [2.24, 2.45) is 0 Å². The molecule has 3 rings (SSSR count). The Bertz CT molecular complexity index is 835. The van der Waals surface area contributed by atoms with Gasteiger partial charge in [-0.05, 0) is 24.3 Å². The molecule has 1 saturated heterocycles. The second-order valence-corrected chi connectivity index (χ2v) is 6.34. The van der Waals surface area contributed by atoms with Gasteiger partial charge in [-0.1, -0.05) is 17.7 Å². The van der Waals surface area contributed by atoms with Gasteiger partial charge in [0.15, 0.2) is 0 Å². The van der Waals surface area contributed by atoms with Gasteiger partial charge in [-0.15, -0.1) is 0 Å². The van der Waals surface area contributed by atoms with Gasteiger partial charge < -0.3 is 14.5 Å². The number of ether oxygens (including phenoxy) is 1. The first kappa shape index (κ1) is 18.0. The topological polar surface area (TPSA) is 75.9 Å². The van der Waals surface area contributed by atoms with Crippen molar-refractivity contribution in [3.8, 4) is 5.75 Å². The number of amides is 1. The van der Waals surface area contributed by atoms with E-state index >= 15 is 0 Å². The zero-order chi connectivity index (χ0) is 18.7. The van der Waals surface area contributed by atoms with Gasteiger partial charge in [-0.25, -0.2) is 0 Å². The van der Waals surface area contributed by atoms with E-state index in [0.29, 0.717) is 42.5 Å². The predicted molar refractivity (Wildman–Crippen MR) is 99.2 cm³/mol. The maximum absolute atomic E-state index is 12.8. The first-order chi connectivity index (χ1) is 12.5. The van der Waals surface area contributed by atoms with Crippen molar-refractivity contribution in [3.63, 3.8) is 0 Å². The number of anilines is 1. The van der Waals surface area contributed by atoms with Crippen molar-refractivity contribution in [2.45, 2.75) is 0 Å². The average Bonchev–Trinajstić information content (AvgIpc) is 2.67. The second kappa shape index (κ2) is 7.61. The number of carbonyl (C=O) groups is 1. The highest BCUT2D eigenvalue weighted by molar-refractivity contribution is 6.30. The molecule has 0 atom stereocenters. The van der Waals surface area contributed by atoms with E-state index in [1.807, 2.05) is 11.0 Å². The number of hydrogen-bond acceptors (Lipinski definition) is 5. The minimum absolute atomic E-state index is 0.0620. The van der Waals surface area contributed by atoms with E-state index in [1.165, 1.54) is 13.2 Å². The Balaban J connectivity index is 1.70. The lowest BCUT2D eigenvalue weighted by Gasteiger charge is -2.36. The Morgan fingerprint density at radius 2 is 1.88 bits per heavy atom. The number of nitrogens with zero attached hydrogens (tertiary/aromatic N) is 3. The lowest BCUT2D eigenvalue weighted by Crippen LogP contribution is -2.48. The summed E-state index contributed by atoms with van der Waals surface area (Å²) in [5, 5.41) is 11.4. The number of non-ortho nitro benzene ring substituents is 1. The van der Waals surface area contributed by atoms with Crippen LogP contribution in [0.1, 0.15) is 10.4 Å². The van der Waals surface area contributed by atoms with Crippen LogP contribution in [0, 0.1) is 10.1 Å². The molecule has 0 N–H and O–H groups in total. The van der Waals surface area contributed by atoms with Crippen LogP contribution in [-0.2, 0) is 0 Å². The number of hydrogen-bond donors (Lipinski definition) is 0. The SMILES string of the molecule is COc1cc(Cl)ccc1C(=O)N1CCN(c2cccc([N+](=O)[O-])c2)CC1. The summed E-state index contributed by atoms with van der Waals surface area (Å²) in [7, 11) is 1.50. The first-order valence-corrected chi connectivity index (χ1v) is 8.49. The molecule has 7 nitrogen and oxygen atoms in total. The molecule has 1 amide bonds. The van der Waals surface area contributed by atoms with E-state index in [1.54, 1.807) is 35.2 Å². The first-order valence-electron chi connectivity index (χ1n) is 8.12. The van der Waals surface area contributed by atoms with Crippen molar-refractivity contribution in [1.29, 1.82) is 0 Å². The summed E-state index contributed by atoms with van der Waals surface area (Å²) < 4.78 is 5.26. The summed E-state index contributed by atoms with van der Waals surface area (Å²) >= 11 is 5.95. The maximum Gasteiger partial charge on any atom is 0.271 e. The normalized spacial score (nSPS) is 14.2. The van der Waals surface area contributed by atoms with E-state index in [0.717, 1.165) is 5.69 Å². The van der Waals surface area contributed by atoms with Gasteiger partial charge >= 0.3 is 0 Å². The third-order valence-corrected chi connectivity index (χ3v) is 4.60. The fourth-order valence-corrected chi connectivity index (χ4v) is 3.15. The highest BCUT2D eigenvalue weighted by atomic mass is 35.5. The Morgan fingerprint density at radius 3 is 2.54 bits per heavy atom. The molecule has 26 heavy (non-hydrogen) atoms. The standard InChI is InChI=1S/C18H18ClN3O4/c1-26-17-11-13(19)5-6-16(17)18(23)21-9-7-20(8-10-21)14-3-2-4-15(12-14)22(24)25/h2-6,11-12H,7-10H2,1H3. The van der Waals surface area contributed by atoms with E-state index in [4.69, 9.17) is 16.3 Å². The zero-order valence-corrected chi connectivity index (χ0v) is 15.0. The van der Waals surface area contributed by atoms with Gasteiger partial charge in [0.1, 0.15) is 5.75 Å². The van der Waals surface area contributed by atoms with Crippen LogP contribution in [0.15, 0.2) is 42.5 Å². The Morgan fingerprint density at radius 1 is 1.15 bits per heavy atom. The van der Waals surface area contributed by atoms with Crippen molar-refractivity contribution in [3.05, 3.63) is 63.2 Å². The second-order valence-electron chi connectivity index (χ2n) is 5.90. The van der Waals surface area contributed by atoms with Crippen molar-refractivity contribution < 1.29 is 14.5 Å². The molecule has 0 radical (unpaired) electrons. The third-order valence-electron chi connectivity index (χ3n) is 4.37. The summed E-state index contributed by atoms with van der Waals surface area (Å²) in [4.78, 5) is 27.1. The molecule has 0 aromatic heterocycles. The fraction of sp³-hybridized carbons (Fsp3) is 0.278. The van der Waals surface area contributed by atoms with E-state index in [-0.39, 0.29) is 11.6 Å². The Labute approximate surface area is 155 Å². The van der Waals surface area contributed by atoms with Crippen LogP contribution < -0.4 is 9.64 Å². The third kappa shape index (κ3) is 3.72. The molecule has 2 aromatic rings. The molecule has 0 bridgehead atoms.